The number of rotatable bonds is 6. The van der Waals surface area contributed by atoms with E-state index in [4.69, 9.17) is 4.74 Å². The largest absolute Gasteiger partial charge is 0.484 e. The van der Waals surface area contributed by atoms with E-state index in [0.717, 1.165) is 25.1 Å². The molecule has 0 saturated carbocycles. The monoisotopic (exact) mass is 405 g/mol. The Labute approximate surface area is 172 Å². The normalized spacial score (nSPS) is 18.2. The third kappa shape index (κ3) is 5.20. The first-order valence-corrected chi connectivity index (χ1v) is 9.35. The highest BCUT2D eigenvalue weighted by atomic mass is 35.5. The van der Waals surface area contributed by atoms with Crippen molar-refractivity contribution in [1.29, 1.82) is 0 Å². The first-order valence-electron chi connectivity index (χ1n) is 9.35. The highest BCUT2D eigenvalue weighted by molar-refractivity contribution is 5.88. The number of nitrogens with one attached hydrogen (secondary N) is 1. The molecule has 0 spiro atoms. The summed E-state index contributed by atoms with van der Waals surface area (Å²) in [6, 6.07) is 9.64. The molecule has 1 unspecified atom stereocenters. The molecule has 0 amide bonds. The second-order valence-corrected chi connectivity index (χ2v) is 7.84. The van der Waals surface area contributed by atoms with Crippen molar-refractivity contribution in [2.24, 2.45) is 11.3 Å². The van der Waals surface area contributed by atoms with Gasteiger partial charge in [0.1, 0.15) is 12.4 Å². The van der Waals surface area contributed by atoms with E-state index in [9.17, 15) is 9.90 Å². The fourth-order valence-corrected chi connectivity index (χ4v) is 3.58. The van der Waals surface area contributed by atoms with Crippen molar-refractivity contribution >= 4 is 18.4 Å². The molecule has 2 heterocycles. The molecule has 1 atom stereocenters. The lowest BCUT2D eigenvalue weighted by molar-refractivity contribution is 0.0683. The van der Waals surface area contributed by atoms with Gasteiger partial charge in [0, 0.05) is 13.0 Å². The van der Waals surface area contributed by atoms with Crippen molar-refractivity contribution in [3.05, 3.63) is 53.1 Å². The highest BCUT2D eigenvalue weighted by Crippen LogP contribution is 2.34. The molecule has 7 heteroatoms. The van der Waals surface area contributed by atoms with Crippen LogP contribution in [0.1, 0.15) is 47.8 Å². The van der Waals surface area contributed by atoms with Crippen LogP contribution in [0.4, 0.5) is 0 Å². The van der Waals surface area contributed by atoms with Crippen LogP contribution in [0.2, 0.25) is 0 Å². The Kier molecular flexibility index (Phi) is 7.38. The fraction of sp³-hybridized carbons (Fsp3) is 0.476. The van der Waals surface area contributed by atoms with E-state index in [-0.39, 0.29) is 35.9 Å². The average molecular weight is 406 g/mol. The molecule has 2 N–H and O–H groups in total. The van der Waals surface area contributed by atoms with Crippen molar-refractivity contribution in [1.82, 2.24) is 15.3 Å². The van der Waals surface area contributed by atoms with Crippen molar-refractivity contribution < 1.29 is 14.6 Å². The zero-order valence-corrected chi connectivity index (χ0v) is 17.4. The van der Waals surface area contributed by atoms with E-state index in [2.05, 4.69) is 29.1 Å². The lowest BCUT2D eigenvalue weighted by Crippen LogP contribution is -2.43. The van der Waals surface area contributed by atoms with Crippen LogP contribution >= 0.6 is 12.4 Å². The smallest absolute Gasteiger partial charge is 0.358 e. The van der Waals surface area contributed by atoms with E-state index in [0.29, 0.717) is 23.9 Å². The Morgan fingerprint density at radius 3 is 2.64 bits per heavy atom. The second-order valence-electron chi connectivity index (χ2n) is 7.84. The van der Waals surface area contributed by atoms with Crippen molar-refractivity contribution in [3.8, 4) is 5.75 Å². The standard InChI is InChI=1S/C21H27N3O3.ClH/c1-14-19(27-12-15-7-5-4-6-8-15)18(20(25)26)24-17(23-14)11-16-9-10-22-13-21(16,2)3;/h4-8,16,22H,9-13H2,1-3H3,(H,25,26);1H. The Balaban J connectivity index is 0.00000280. The molecule has 2 aromatic rings. The Morgan fingerprint density at radius 2 is 2.00 bits per heavy atom. The zero-order chi connectivity index (χ0) is 19.4. The maximum absolute atomic E-state index is 11.8. The fourth-order valence-electron chi connectivity index (χ4n) is 3.58. The van der Waals surface area contributed by atoms with Crippen LogP contribution in [-0.4, -0.2) is 34.1 Å². The number of piperidine rings is 1. The molecule has 6 nitrogen and oxygen atoms in total. The van der Waals surface area contributed by atoms with Gasteiger partial charge in [-0.15, -0.1) is 12.4 Å². The van der Waals surface area contributed by atoms with Crippen molar-refractivity contribution in [2.45, 2.75) is 40.2 Å². The Morgan fingerprint density at radius 1 is 1.29 bits per heavy atom. The number of carboxylic acids is 1. The molecule has 3 rings (SSSR count). The number of hydrogen-bond donors (Lipinski definition) is 2. The molecule has 1 saturated heterocycles. The van der Waals surface area contributed by atoms with Gasteiger partial charge in [0.2, 0.25) is 0 Å². The molecule has 1 fully saturated rings. The van der Waals surface area contributed by atoms with Gasteiger partial charge < -0.3 is 15.2 Å². The summed E-state index contributed by atoms with van der Waals surface area (Å²) in [5.74, 6) is 0.155. The topological polar surface area (TPSA) is 84.3 Å². The van der Waals surface area contributed by atoms with Gasteiger partial charge in [0.25, 0.3) is 0 Å². The molecule has 0 bridgehead atoms. The third-order valence-corrected chi connectivity index (χ3v) is 5.29. The number of nitrogens with zero attached hydrogens (tertiary/aromatic N) is 2. The van der Waals surface area contributed by atoms with Gasteiger partial charge in [-0.25, -0.2) is 14.8 Å². The number of hydrogen-bond acceptors (Lipinski definition) is 5. The molecule has 1 aromatic carbocycles. The number of carbonyl (C=O) groups is 1. The summed E-state index contributed by atoms with van der Waals surface area (Å²) in [6.07, 6.45) is 1.71. The van der Waals surface area contributed by atoms with Crippen LogP contribution in [0.5, 0.6) is 5.75 Å². The van der Waals surface area contributed by atoms with Crippen LogP contribution in [0, 0.1) is 18.3 Å². The first kappa shape index (κ1) is 22.1. The highest BCUT2D eigenvalue weighted by Gasteiger charge is 2.33. The quantitative estimate of drug-likeness (QED) is 0.762. The first-order chi connectivity index (χ1) is 12.9. The van der Waals surface area contributed by atoms with Gasteiger partial charge >= 0.3 is 5.97 Å². The summed E-state index contributed by atoms with van der Waals surface area (Å²) in [5, 5.41) is 13.1. The SMILES string of the molecule is Cc1nc(CC2CCNCC2(C)C)nc(C(=O)O)c1OCc1ccccc1.Cl. The number of aromatic nitrogens is 2. The molecule has 1 aliphatic heterocycles. The van der Waals surface area contributed by atoms with Crippen LogP contribution in [0.3, 0.4) is 0 Å². The van der Waals surface area contributed by atoms with E-state index in [1.54, 1.807) is 6.92 Å². The van der Waals surface area contributed by atoms with E-state index >= 15 is 0 Å². The lowest BCUT2D eigenvalue weighted by Gasteiger charge is -2.38. The number of ether oxygens (including phenoxy) is 1. The van der Waals surface area contributed by atoms with E-state index in [1.807, 2.05) is 30.3 Å². The second kappa shape index (κ2) is 9.34. The maximum Gasteiger partial charge on any atom is 0.358 e. The van der Waals surface area contributed by atoms with Gasteiger partial charge in [-0.2, -0.15) is 0 Å². The lowest BCUT2D eigenvalue weighted by atomic mass is 9.73. The zero-order valence-electron chi connectivity index (χ0n) is 16.6. The maximum atomic E-state index is 11.8. The minimum Gasteiger partial charge on any atom is -0.484 e. The van der Waals surface area contributed by atoms with Gasteiger partial charge in [-0.1, -0.05) is 44.2 Å². The van der Waals surface area contributed by atoms with Crippen molar-refractivity contribution in [2.75, 3.05) is 13.1 Å². The van der Waals surface area contributed by atoms with Crippen LogP contribution in [0.15, 0.2) is 30.3 Å². The van der Waals surface area contributed by atoms with Crippen LogP contribution in [0.25, 0.3) is 0 Å². The number of carboxylic acid groups (broad SMARTS) is 1. The Hall–Kier alpha value is -2.18. The van der Waals surface area contributed by atoms with Crippen molar-refractivity contribution in [3.63, 3.8) is 0 Å². The molecule has 28 heavy (non-hydrogen) atoms. The number of halogens is 1. The molecule has 152 valence electrons. The summed E-state index contributed by atoms with van der Waals surface area (Å²) in [4.78, 5) is 20.7. The van der Waals surface area contributed by atoms with Gasteiger partial charge in [0.15, 0.2) is 11.4 Å². The average Bonchev–Trinajstić information content (AvgIpc) is 2.63. The molecular weight excluding hydrogens is 378 g/mol. The summed E-state index contributed by atoms with van der Waals surface area (Å²) >= 11 is 0. The third-order valence-electron chi connectivity index (χ3n) is 5.29. The number of aryl methyl sites for hydroxylation is 1. The van der Waals surface area contributed by atoms with Gasteiger partial charge in [0.05, 0.1) is 5.69 Å². The summed E-state index contributed by atoms with van der Waals surface area (Å²) in [7, 11) is 0. The number of benzene rings is 1. The summed E-state index contributed by atoms with van der Waals surface area (Å²) < 4.78 is 5.79. The Bertz CT molecular complexity index is 812. The minimum atomic E-state index is -1.09. The molecule has 0 radical (unpaired) electrons. The number of aromatic carboxylic acids is 1. The molecular formula is C21H28ClN3O3. The van der Waals surface area contributed by atoms with E-state index < -0.39 is 5.97 Å². The molecule has 1 aliphatic rings. The molecule has 1 aromatic heterocycles. The molecule has 0 aliphatic carbocycles. The van der Waals surface area contributed by atoms with Crippen LogP contribution in [-0.2, 0) is 13.0 Å². The van der Waals surface area contributed by atoms with Gasteiger partial charge in [-0.3, -0.25) is 0 Å². The summed E-state index contributed by atoms with van der Waals surface area (Å²) in [6.45, 7) is 8.44. The minimum absolute atomic E-state index is 0. The summed E-state index contributed by atoms with van der Waals surface area (Å²) in [5.41, 5.74) is 1.61. The van der Waals surface area contributed by atoms with E-state index in [1.165, 1.54) is 0 Å². The van der Waals surface area contributed by atoms with Crippen LogP contribution < -0.4 is 10.1 Å². The van der Waals surface area contributed by atoms with Gasteiger partial charge in [-0.05, 0) is 36.8 Å². The predicted molar refractivity (Wildman–Crippen MR) is 110 cm³/mol. The predicted octanol–water partition coefficient (Wildman–Crippen LogP) is 3.66.